The fraction of sp³-hybridized carbons (Fsp3) is 0.538. The molecule has 1 heterocycles. The van der Waals surface area contributed by atoms with Gasteiger partial charge in [0.2, 0.25) is 0 Å². The van der Waals surface area contributed by atoms with Crippen LogP contribution < -0.4 is 5.32 Å². The van der Waals surface area contributed by atoms with Gasteiger partial charge in [0.05, 0.1) is 0 Å². The molecule has 1 unspecified atom stereocenters. The van der Waals surface area contributed by atoms with Crippen molar-refractivity contribution >= 4 is 27.7 Å². The molecule has 0 aliphatic carbocycles. The highest BCUT2D eigenvalue weighted by atomic mass is 79.9. The molecule has 16 heavy (non-hydrogen) atoms. The zero-order valence-corrected chi connectivity index (χ0v) is 11.8. The number of rotatable bonds is 4. The zero-order chi connectivity index (χ0) is 11.2. The Labute approximate surface area is 111 Å². The van der Waals surface area contributed by atoms with Gasteiger partial charge in [-0.1, -0.05) is 34.5 Å². The van der Waals surface area contributed by atoms with Crippen LogP contribution in [0.5, 0.6) is 0 Å². The average Bonchev–Trinajstić information content (AvgIpc) is 2.30. The van der Waals surface area contributed by atoms with Gasteiger partial charge in [0, 0.05) is 22.0 Å². The molecule has 1 saturated heterocycles. The summed E-state index contributed by atoms with van der Waals surface area (Å²) in [4.78, 5) is 0. The number of hydrogen-bond donors (Lipinski definition) is 1. The molecular formula is C13H18BrNS. The number of benzene rings is 1. The largest absolute Gasteiger partial charge is 0.313 e. The van der Waals surface area contributed by atoms with Crippen molar-refractivity contribution in [1.29, 1.82) is 0 Å². The molecule has 1 atom stereocenters. The summed E-state index contributed by atoms with van der Waals surface area (Å²) in [5.74, 6) is 2.37. The molecule has 0 saturated carbocycles. The summed E-state index contributed by atoms with van der Waals surface area (Å²) >= 11 is 5.55. The number of hydrogen-bond acceptors (Lipinski definition) is 2. The molecule has 1 aromatic rings. The van der Waals surface area contributed by atoms with Crippen molar-refractivity contribution in [3.8, 4) is 0 Å². The molecule has 3 heteroatoms. The Morgan fingerprint density at radius 1 is 1.38 bits per heavy atom. The Kier molecular flexibility index (Phi) is 5.20. The average molecular weight is 300 g/mol. The van der Waals surface area contributed by atoms with Crippen LogP contribution in [0.4, 0.5) is 0 Å². The number of piperidine rings is 1. The summed E-state index contributed by atoms with van der Waals surface area (Å²) in [6.07, 6.45) is 4.10. The second kappa shape index (κ2) is 6.67. The van der Waals surface area contributed by atoms with Crippen LogP contribution >= 0.6 is 27.7 Å². The lowest BCUT2D eigenvalue weighted by Gasteiger charge is -2.22. The van der Waals surface area contributed by atoms with Gasteiger partial charge in [-0.25, -0.2) is 0 Å². The van der Waals surface area contributed by atoms with Crippen LogP contribution in [-0.2, 0) is 5.75 Å². The van der Waals surface area contributed by atoms with Crippen LogP contribution in [0.2, 0.25) is 0 Å². The first kappa shape index (κ1) is 12.5. The lowest BCUT2D eigenvalue weighted by Crippen LogP contribution is -2.35. The molecule has 0 amide bonds. The van der Waals surface area contributed by atoms with Gasteiger partial charge in [-0.2, -0.15) is 11.8 Å². The third kappa shape index (κ3) is 4.11. The fourth-order valence-electron chi connectivity index (χ4n) is 2.01. The minimum atomic E-state index is 0.742. The highest BCUT2D eigenvalue weighted by Crippen LogP contribution is 2.19. The number of halogens is 1. The van der Waals surface area contributed by atoms with Gasteiger partial charge >= 0.3 is 0 Å². The molecular weight excluding hydrogens is 282 g/mol. The van der Waals surface area contributed by atoms with Crippen molar-refractivity contribution < 1.29 is 0 Å². The van der Waals surface area contributed by atoms with Gasteiger partial charge in [-0.05, 0) is 37.1 Å². The van der Waals surface area contributed by atoms with Gasteiger partial charge < -0.3 is 5.32 Å². The summed E-state index contributed by atoms with van der Waals surface area (Å²) in [7, 11) is 0. The van der Waals surface area contributed by atoms with Gasteiger partial charge in [0.1, 0.15) is 0 Å². The van der Waals surface area contributed by atoms with E-state index < -0.39 is 0 Å². The van der Waals surface area contributed by atoms with E-state index in [0.29, 0.717) is 0 Å². The van der Waals surface area contributed by atoms with E-state index in [0.717, 1.165) is 11.8 Å². The van der Waals surface area contributed by atoms with Crippen molar-refractivity contribution in [3.05, 3.63) is 34.3 Å². The third-order valence-corrected chi connectivity index (χ3v) is 4.56. The van der Waals surface area contributed by atoms with E-state index in [1.165, 1.54) is 41.6 Å². The fourth-order valence-corrected chi connectivity index (χ4v) is 3.56. The first-order chi connectivity index (χ1) is 7.84. The maximum Gasteiger partial charge on any atom is 0.0185 e. The normalized spacial score (nSPS) is 20.9. The Bertz CT molecular complexity index is 323. The van der Waals surface area contributed by atoms with E-state index in [1.807, 2.05) is 11.8 Å². The standard InChI is InChI=1S/C13H18BrNS/c14-12-5-3-4-11(8-12)9-16-10-13-6-1-2-7-15-13/h3-5,8,13,15H,1-2,6-7,9-10H2. The predicted molar refractivity (Wildman–Crippen MR) is 75.9 cm³/mol. The van der Waals surface area contributed by atoms with Crippen LogP contribution in [0.3, 0.4) is 0 Å². The molecule has 1 fully saturated rings. The predicted octanol–water partition coefficient (Wildman–Crippen LogP) is 3.82. The zero-order valence-electron chi connectivity index (χ0n) is 9.42. The first-order valence-corrected chi connectivity index (χ1v) is 7.85. The second-order valence-corrected chi connectivity index (χ2v) is 6.24. The van der Waals surface area contributed by atoms with Gasteiger partial charge in [-0.3, -0.25) is 0 Å². The molecule has 0 radical (unpaired) electrons. The highest BCUT2D eigenvalue weighted by molar-refractivity contribution is 9.10. The monoisotopic (exact) mass is 299 g/mol. The van der Waals surface area contributed by atoms with Crippen molar-refractivity contribution in [2.45, 2.75) is 31.1 Å². The van der Waals surface area contributed by atoms with Crippen molar-refractivity contribution in [2.75, 3.05) is 12.3 Å². The first-order valence-electron chi connectivity index (χ1n) is 5.90. The molecule has 88 valence electrons. The lowest BCUT2D eigenvalue weighted by atomic mass is 10.1. The Hall–Kier alpha value is 0.01000. The Balaban J connectivity index is 1.71. The second-order valence-electron chi connectivity index (χ2n) is 4.29. The SMILES string of the molecule is Brc1cccc(CSCC2CCCCN2)c1. The third-order valence-electron chi connectivity index (χ3n) is 2.89. The maximum absolute atomic E-state index is 3.59. The van der Waals surface area contributed by atoms with Crippen molar-refractivity contribution in [1.82, 2.24) is 5.32 Å². The summed E-state index contributed by atoms with van der Waals surface area (Å²) in [6.45, 7) is 1.21. The Morgan fingerprint density at radius 3 is 3.06 bits per heavy atom. The van der Waals surface area contributed by atoms with Crippen molar-refractivity contribution in [2.24, 2.45) is 0 Å². The molecule has 1 aliphatic rings. The van der Waals surface area contributed by atoms with E-state index in [-0.39, 0.29) is 0 Å². The van der Waals surface area contributed by atoms with Gasteiger partial charge in [0.25, 0.3) is 0 Å². The van der Waals surface area contributed by atoms with Gasteiger partial charge in [0.15, 0.2) is 0 Å². The Morgan fingerprint density at radius 2 is 2.31 bits per heavy atom. The topological polar surface area (TPSA) is 12.0 Å². The van der Waals surface area contributed by atoms with E-state index in [1.54, 1.807) is 0 Å². The number of thioether (sulfide) groups is 1. The summed E-state index contributed by atoms with van der Waals surface area (Å²) < 4.78 is 1.18. The van der Waals surface area contributed by atoms with E-state index in [2.05, 4.69) is 45.5 Å². The smallest absolute Gasteiger partial charge is 0.0185 e. The van der Waals surface area contributed by atoms with E-state index in [4.69, 9.17) is 0 Å². The molecule has 2 rings (SSSR count). The minimum Gasteiger partial charge on any atom is -0.313 e. The summed E-state index contributed by atoms with van der Waals surface area (Å²) in [5, 5.41) is 3.59. The molecule has 1 aliphatic heterocycles. The van der Waals surface area contributed by atoms with Gasteiger partial charge in [-0.15, -0.1) is 0 Å². The van der Waals surface area contributed by atoms with Crippen LogP contribution in [0.15, 0.2) is 28.7 Å². The summed E-state index contributed by atoms with van der Waals surface area (Å²) in [6, 6.07) is 9.34. The lowest BCUT2D eigenvalue weighted by molar-refractivity contribution is 0.430. The quantitative estimate of drug-likeness (QED) is 0.907. The van der Waals surface area contributed by atoms with E-state index >= 15 is 0 Å². The highest BCUT2D eigenvalue weighted by Gasteiger charge is 2.11. The molecule has 0 bridgehead atoms. The molecule has 1 nitrogen and oxygen atoms in total. The van der Waals surface area contributed by atoms with E-state index in [9.17, 15) is 0 Å². The molecule has 0 spiro atoms. The molecule has 0 aromatic heterocycles. The van der Waals surface area contributed by atoms with Crippen LogP contribution in [-0.4, -0.2) is 18.3 Å². The van der Waals surface area contributed by atoms with Crippen molar-refractivity contribution in [3.63, 3.8) is 0 Å². The summed E-state index contributed by atoms with van der Waals surface area (Å²) in [5.41, 5.74) is 1.41. The van der Waals surface area contributed by atoms with Crippen LogP contribution in [0.1, 0.15) is 24.8 Å². The minimum absolute atomic E-state index is 0.742. The molecule has 1 aromatic carbocycles. The number of nitrogens with one attached hydrogen (secondary N) is 1. The van der Waals surface area contributed by atoms with Crippen LogP contribution in [0.25, 0.3) is 0 Å². The maximum atomic E-state index is 3.59. The molecule has 1 N–H and O–H groups in total. The van der Waals surface area contributed by atoms with Crippen LogP contribution in [0, 0.1) is 0 Å².